The maximum atomic E-state index is 12.9. The van der Waals surface area contributed by atoms with Gasteiger partial charge in [-0.25, -0.2) is 4.79 Å². The Morgan fingerprint density at radius 1 is 0.943 bits per heavy atom. The standard InChI is InChI=1S/C21H41N7O6S/c1-11(2)10-13(22)17(30)26-14(7-9-35-4)18(31)28-16(12(3)29)19(32)27-15(20(33)34)6-5-8-25-21(23)24/h11-16,29H,5-10,22H2,1-4H3,(H,26,30)(H,27,32)(H,28,31)(H,33,34)(H4,23,24,25). The van der Waals surface area contributed by atoms with Crippen LogP contribution in [0.1, 0.15) is 46.5 Å². The zero-order valence-electron chi connectivity index (χ0n) is 20.8. The highest BCUT2D eigenvalue weighted by molar-refractivity contribution is 7.98. The summed E-state index contributed by atoms with van der Waals surface area (Å²) in [5.74, 6) is -2.77. The molecule has 0 aromatic heterocycles. The molecular weight excluding hydrogens is 478 g/mol. The van der Waals surface area contributed by atoms with E-state index >= 15 is 0 Å². The van der Waals surface area contributed by atoms with Gasteiger partial charge in [0.05, 0.1) is 12.1 Å². The number of amides is 3. The van der Waals surface area contributed by atoms with Gasteiger partial charge in [0.25, 0.3) is 0 Å². The van der Waals surface area contributed by atoms with E-state index in [1.807, 2.05) is 20.1 Å². The molecule has 0 aliphatic heterocycles. The number of carbonyl (C=O) groups excluding carboxylic acids is 3. The quantitative estimate of drug-likeness (QED) is 0.0602. The lowest BCUT2D eigenvalue weighted by atomic mass is 10.0. The van der Waals surface area contributed by atoms with Crippen LogP contribution < -0.4 is 33.2 Å². The van der Waals surface area contributed by atoms with Gasteiger partial charge in [0.15, 0.2) is 5.96 Å². The van der Waals surface area contributed by atoms with Crippen LogP contribution in [0.4, 0.5) is 0 Å². The van der Waals surface area contributed by atoms with E-state index < -0.39 is 54.0 Å². The predicted octanol–water partition coefficient (Wildman–Crippen LogP) is -1.91. The van der Waals surface area contributed by atoms with Crippen LogP contribution in [0.5, 0.6) is 0 Å². The first-order valence-electron chi connectivity index (χ1n) is 11.4. The zero-order valence-corrected chi connectivity index (χ0v) is 21.6. The number of carbonyl (C=O) groups is 4. The Bertz CT molecular complexity index is 731. The molecule has 13 nitrogen and oxygen atoms in total. The number of hydrogen-bond acceptors (Lipinski definition) is 8. The molecule has 0 radical (unpaired) electrons. The number of aliphatic hydroxyl groups excluding tert-OH is 1. The lowest BCUT2D eigenvalue weighted by Gasteiger charge is -2.26. The van der Waals surface area contributed by atoms with Gasteiger partial charge in [0.2, 0.25) is 17.7 Å². The van der Waals surface area contributed by atoms with E-state index in [-0.39, 0.29) is 37.7 Å². The van der Waals surface area contributed by atoms with Crippen LogP contribution in [0, 0.1) is 5.92 Å². The molecule has 14 heteroatoms. The summed E-state index contributed by atoms with van der Waals surface area (Å²) >= 11 is 1.47. The number of nitrogens with zero attached hydrogens (tertiary/aromatic N) is 1. The summed E-state index contributed by atoms with van der Waals surface area (Å²) in [4.78, 5) is 53.4. The molecule has 0 bridgehead atoms. The second-order valence-corrected chi connectivity index (χ2v) is 9.64. The maximum absolute atomic E-state index is 12.9. The van der Waals surface area contributed by atoms with Crippen molar-refractivity contribution in [1.29, 1.82) is 0 Å². The molecule has 3 amide bonds. The minimum absolute atomic E-state index is 0.0263. The van der Waals surface area contributed by atoms with Crippen molar-refractivity contribution in [2.24, 2.45) is 28.1 Å². The number of aliphatic imine (C=N–C) groups is 1. The lowest BCUT2D eigenvalue weighted by molar-refractivity contribution is -0.143. The van der Waals surface area contributed by atoms with Gasteiger partial charge in [-0.15, -0.1) is 0 Å². The average Bonchev–Trinajstić information content (AvgIpc) is 2.75. The number of guanidine groups is 1. The first-order chi connectivity index (χ1) is 16.3. The summed E-state index contributed by atoms with van der Waals surface area (Å²) in [5.41, 5.74) is 16.4. The summed E-state index contributed by atoms with van der Waals surface area (Å²) in [6, 6.07) is -4.52. The van der Waals surface area contributed by atoms with Crippen LogP contribution in [0.2, 0.25) is 0 Å². The van der Waals surface area contributed by atoms with Crippen molar-refractivity contribution in [3.63, 3.8) is 0 Å². The SMILES string of the molecule is CSCCC(NC(=O)C(N)CC(C)C)C(=O)NC(C(=O)NC(CCCN=C(N)N)C(=O)O)C(C)O. The molecule has 35 heavy (non-hydrogen) atoms. The molecule has 0 fully saturated rings. The van der Waals surface area contributed by atoms with Gasteiger partial charge in [-0.1, -0.05) is 13.8 Å². The predicted molar refractivity (Wildman–Crippen MR) is 135 cm³/mol. The molecule has 0 rings (SSSR count). The highest BCUT2D eigenvalue weighted by Gasteiger charge is 2.32. The Balaban J connectivity index is 5.33. The topological polar surface area (TPSA) is 235 Å². The van der Waals surface area contributed by atoms with Crippen LogP contribution in [0.25, 0.3) is 0 Å². The molecule has 5 unspecified atom stereocenters. The molecule has 0 aromatic carbocycles. The Hall–Kier alpha value is -2.58. The largest absolute Gasteiger partial charge is 0.480 e. The summed E-state index contributed by atoms with van der Waals surface area (Å²) in [5, 5.41) is 26.9. The van der Waals surface area contributed by atoms with E-state index in [0.717, 1.165) is 0 Å². The van der Waals surface area contributed by atoms with Gasteiger partial charge in [-0.3, -0.25) is 19.4 Å². The lowest BCUT2D eigenvalue weighted by Crippen LogP contribution is -2.60. The monoisotopic (exact) mass is 519 g/mol. The minimum Gasteiger partial charge on any atom is -0.480 e. The fourth-order valence-electron chi connectivity index (χ4n) is 3.08. The normalized spacial score (nSPS) is 15.3. The number of thioether (sulfide) groups is 1. The third-order valence-electron chi connectivity index (χ3n) is 4.93. The second kappa shape index (κ2) is 16.9. The molecule has 0 spiro atoms. The third kappa shape index (κ3) is 13.8. The highest BCUT2D eigenvalue weighted by Crippen LogP contribution is 2.07. The van der Waals surface area contributed by atoms with Crippen molar-refractivity contribution in [3.8, 4) is 0 Å². The van der Waals surface area contributed by atoms with Crippen LogP contribution in [-0.2, 0) is 19.2 Å². The Morgan fingerprint density at radius 2 is 1.54 bits per heavy atom. The number of aliphatic hydroxyl groups is 1. The Labute approximate surface area is 210 Å². The third-order valence-corrected chi connectivity index (χ3v) is 5.57. The maximum Gasteiger partial charge on any atom is 0.326 e. The van der Waals surface area contributed by atoms with E-state index in [9.17, 15) is 29.4 Å². The molecule has 0 aromatic rings. The molecule has 0 saturated heterocycles. The molecule has 0 heterocycles. The van der Waals surface area contributed by atoms with Crippen molar-refractivity contribution in [3.05, 3.63) is 0 Å². The molecule has 0 aliphatic rings. The molecule has 0 aliphatic carbocycles. The number of rotatable bonds is 17. The highest BCUT2D eigenvalue weighted by atomic mass is 32.2. The fourth-order valence-corrected chi connectivity index (χ4v) is 3.55. The summed E-state index contributed by atoms with van der Waals surface area (Å²) in [6.07, 6.45) is 1.51. The van der Waals surface area contributed by atoms with Crippen molar-refractivity contribution in [2.75, 3.05) is 18.6 Å². The van der Waals surface area contributed by atoms with E-state index in [4.69, 9.17) is 17.2 Å². The van der Waals surface area contributed by atoms with E-state index in [1.54, 1.807) is 0 Å². The first-order valence-corrected chi connectivity index (χ1v) is 12.8. The molecule has 202 valence electrons. The zero-order chi connectivity index (χ0) is 27.1. The summed E-state index contributed by atoms with van der Waals surface area (Å²) in [7, 11) is 0. The fraction of sp³-hybridized carbons (Fsp3) is 0.762. The van der Waals surface area contributed by atoms with Crippen molar-refractivity contribution in [2.45, 2.75) is 76.7 Å². The van der Waals surface area contributed by atoms with Crippen LogP contribution in [-0.4, -0.2) is 88.7 Å². The number of nitrogens with one attached hydrogen (secondary N) is 3. The number of carboxylic acids is 1. The van der Waals surface area contributed by atoms with Gasteiger partial charge < -0.3 is 43.4 Å². The molecular formula is C21H41N7O6S. The number of nitrogens with two attached hydrogens (primary N) is 3. The Kier molecular flexibility index (Phi) is 15.7. The number of carboxylic acid groups (broad SMARTS) is 1. The van der Waals surface area contributed by atoms with Crippen molar-refractivity contribution >= 4 is 41.4 Å². The second-order valence-electron chi connectivity index (χ2n) is 8.65. The van der Waals surface area contributed by atoms with Crippen LogP contribution in [0.15, 0.2) is 4.99 Å². The number of aliphatic carboxylic acids is 1. The summed E-state index contributed by atoms with van der Waals surface area (Å²) in [6.45, 7) is 5.30. The van der Waals surface area contributed by atoms with Gasteiger partial charge in [-0.2, -0.15) is 11.8 Å². The van der Waals surface area contributed by atoms with Gasteiger partial charge in [0.1, 0.15) is 18.1 Å². The average molecular weight is 520 g/mol. The van der Waals surface area contributed by atoms with Gasteiger partial charge in [-0.05, 0) is 50.5 Å². The van der Waals surface area contributed by atoms with Crippen molar-refractivity contribution < 1.29 is 29.4 Å². The smallest absolute Gasteiger partial charge is 0.326 e. The first kappa shape index (κ1) is 32.4. The minimum atomic E-state index is -1.44. The van der Waals surface area contributed by atoms with Gasteiger partial charge >= 0.3 is 5.97 Å². The molecule has 11 N–H and O–H groups in total. The number of hydrogen-bond donors (Lipinski definition) is 8. The molecule has 5 atom stereocenters. The van der Waals surface area contributed by atoms with Crippen molar-refractivity contribution in [1.82, 2.24) is 16.0 Å². The summed E-state index contributed by atoms with van der Waals surface area (Å²) < 4.78 is 0. The van der Waals surface area contributed by atoms with Crippen LogP contribution in [0.3, 0.4) is 0 Å². The Morgan fingerprint density at radius 3 is 2.03 bits per heavy atom. The molecule has 0 saturated carbocycles. The van der Waals surface area contributed by atoms with E-state index in [2.05, 4.69) is 20.9 Å². The van der Waals surface area contributed by atoms with Crippen LogP contribution >= 0.6 is 11.8 Å². The van der Waals surface area contributed by atoms with E-state index in [1.165, 1.54) is 18.7 Å². The van der Waals surface area contributed by atoms with E-state index in [0.29, 0.717) is 12.2 Å². The van der Waals surface area contributed by atoms with Gasteiger partial charge in [0, 0.05) is 6.54 Å².